The maximum atomic E-state index is 11.5. The van der Waals surface area contributed by atoms with E-state index >= 15 is 0 Å². The molecule has 0 aliphatic rings. The van der Waals surface area contributed by atoms with Crippen LogP contribution >= 0.6 is 15.9 Å². The number of esters is 1. The summed E-state index contributed by atoms with van der Waals surface area (Å²) in [5, 5.41) is 0. The fourth-order valence-electron chi connectivity index (χ4n) is 1.12. The molecule has 1 atom stereocenters. The highest BCUT2D eigenvalue weighted by Gasteiger charge is 2.11. The van der Waals surface area contributed by atoms with E-state index in [1.54, 1.807) is 24.3 Å². The van der Waals surface area contributed by atoms with Gasteiger partial charge in [-0.1, -0.05) is 34.1 Å². The number of carbonyl (C=O) groups is 2. The Bertz CT molecular complexity index is 362. The lowest BCUT2D eigenvalue weighted by atomic mass is 10.2. The highest BCUT2D eigenvalue weighted by molar-refractivity contribution is 9.10. The van der Waals surface area contributed by atoms with Gasteiger partial charge in [0, 0.05) is 6.42 Å². The Morgan fingerprint density at radius 1 is 1.31 bits per heavy atom. The predicted octanol–water partition coefficient (Wildman–Crippen LogP) is 2.59. The van der Waals surface area contributed by atoms with E-state index < -0.39 is 0 Å². The van der Waals surface area contributed by atoms with E-state index in [0.717, 1.165) is 0 Å². The monoisotopic (exact) mass is 284 g/mol. The van der Waals surface area contributed by atoms with Gasteiger partial charge in [-0.15, -0.1) is 0 Å². The normalized spacial score (nSPS) is 11.9. The van der Waals surface area contributed by atoms with E-state index in [1.807, 2.05) is 6.07 Å². The van der Waals surface area contributed by atoms with Crippen molar-refractivity contribution < 1.29 is 14.3 Å². The first-order valence-corrected chi connectivity index (χ1v) is 5.89. The van der Waals surface area contributed by atoms with Gasteiger partial charge in [0.15, 0.2) is 0 Å². The Labute approximate surface area is 103 Å². The zero-order valence-corrected chi connectivity index (χ0v) is 10.6. The first-order valence-electron chi connectivity index (χ1n) is 4.98. The molecule has 16 heavy (non-hydrogen) atoms. The Balaban J connectivity index is 2.34. The van der Waals surface area contributed by atoms with Crippen molar-refractivity contribution in [2.75, 3.05) is 6.61 Å². The van der Waals surface area contributed by atoms with E-state index in [9.17, 15) is 9.59 Å². The highest BCUT2D eigenvalue weighted by Crippen LogP contribution is 2.07. The molecule has 0 aliphatic carbocycles. The molecule has 0 saturated heterocycles. The molecule has 0 fully saturated rings. The second-order valence-corrected chi connectivity index (χ2v) is 4.47. The van der Waals surface area contributed by atoms with Gasteiger partial charge in [0.1, 0.15) is 5.78 Å². The molecular formula is C12H13BrO3. The molecule has 0 heterocycles. The van der Waals surface area contributed by atoms with Gasteiger partial charge in [-0.2, -0.15) is 0 Å². The first-order chi connectivity index (χ1) is 7.61. The van der Waals surface area contributed by atoms with Gasteiger partial charge in [-0.05, 0) is 19.1 Å². The van der Waals surface area contributed by atoms with Gasteiger partial charge in [-0.25, -0.2) is 4.79 Å². The summed E-state index contributed by atoms with van der Waals surface area (Å²) in [7, 11) is 0. The third kappa shape index (κ3) is 4.14. The Morgan fingerprint density at radius 3 is 2.50 bits per heavy atom. The number of alkyl halides is 1. The van der Waals surface area contributed by atoms with Crippen LogP contribution in [0.25, 0.3) is 0 Å². The number of rotatable bonds is 5. The van der Waals surface area contributed by atoms with Crippen molar-refractivity contribution in [1.82, 2.24) is 0 Å². The van der Waals surface area contributed by atoms with Gasteiger partial charge >= 0.3 is 5.97 Å². The smallest absolute Gasteiger partial charge is 0.338 e. The Hall–Kier alpha value is -1.16. The average Bonchev–Trinajstić information content (AvgIpc) is 2.29. The molecule has 0 bridgehead atoms. The van der Waals surface area contributed by atoms with Crippen LogP contribution in [0.2, 0.25) is 0 Å². The van der Waals surface area contributed by atoms with Gasteiger partial charge in [0.05, 0.1) is 17.0 Å². The lowest BCUT2D eigenvalue weighted by Gasteiger charge is -2.07. The zero-order chi connectivity index (χ0) is 12.0. The van der Waals surface area contributed by atoms with Gasteiger partial charge < -0.3 is 4.74 Å². The van der Waals surface area contributed by atoms with Crippen LogP contribution in [0.15, 0.2) is 30.3 Å². The first kappa shape index (κ1) is 12.9. The quantitative estimate of drug-likeness (QED) is 0.617. The lowest BCUT2D eigenvalue weighted by molar-refractivity contribution is -0.116. The van der Waals surface area contributed by atoms with Crippen LogP contribution in [0.3, 0.4) is 0 Å². The predicted molar refractivity (Wildman–Crippen MR) is 64.7 cm³/mol. The van der Waals surface area contributed by atoms with Crippen LogP contribution in [0, 0.1) is 0 Å². The molecule has 3 nitrogen and oxygen atoms in total. The summed E-state index contributed by atoms with van der Waals surface area (Å²) in [5.74, 6) is -0.320. The second kappa shape index (κ2) is 6.43. The number of hydrogen-bond donors (Lipinski definition) is 0. The van der Waals surface area contributed by atoms with Crippen molar-refractivity contribution in [1.29, 1.82) is 0 Å². The minimum Gasteiger partial charge on any atom is -0.462 e. The number of Topliss-reactive ketones (excluding diaryl/α,β-unsaturated/α-hetero) is 1. The number of benzene rings is 1. The summed E-state index contributed by atoms with van der Waals surface area (Å²) in [4.78, 5) is 22.1. The van der Waals surface area contributed by atoms with Crippen LogP contribution in [-0.4, -0.2) is 23.2 Å². The summed E-state index contributed by atoms with van der Waals surface area (Å²) >= 11 is 3.21. The number of ketones is 1. The van der Waals surface area contributed by atoms with E-state index in [-0.39, 0.29) is 23.2 Å². The third-order valence-electron chi connectivity index (χ3n) is 2.06. The van der Waals surface area contributed by atoms with Crippen molar-refractivity contribution in [3.8, 4) is 0 Å². The lowest BCUT2D eigenvalue weighted by Crippen LogP contribution is -2.14. The van der Waals surface area contributed by atoms with Gasteiger partial charge in [-0.3, -0.25) is 4.79 Å². The number of carbonyl (C=O) groups excluding carboxylic acids is 2. The molecule has 1 unspecified atom stereocenters. The number of halogens is 1. The summed E-state index contributed by atoms with van der Waals surface area (Å²) in [6, 6.07) is 8.78. The molecule has 4 heteroatoms. The summed E-state index contributed by atoms with van der Waals surface area (Å²) < 4.78 is 5.03. The zero-order valence-electron chi connectivity index (χ0n) is 8.98. The molecule has 86 valence electrons. The van der Waals surface area contributed by atoms with Crippen molar-refractivity contribution in [2.24, 2.45) is 0 Å². The molecule has 0 amide bonds. The fourth-order valence-corrected chi connectivity index (χ4v) is 1.30. The minimum atomic E-state index is -0.358. The van der Waals surface area contributed by atoms with Crippen LogP contribution in [0.1, 0.15) is 23.7 Å². The van der Waals surface area contributed by atoms with E-state index in [2.05, 4.69) is 15.9 Å². The SMILES string of the molecule is CC(=O)C(Br)CCOC(=O)c1ccccc1. The summed E-state index contributed by atoms with van der Waals surface area (Å²) in [6.45, 7) is 1.74. The number of ether oxygens (including phenoxy) is 1. The molecule has 1 aromatic rings. The van der Waals surface area contributed by atoms with Crippen LogP contribution in [0.5, 0.6) is 0 Å². The standard InChI is InChI=1S/C12H13BrO3/c1-9(14)11(13)7-8-16-12(15)10-5-3-2-4-6-10/h2-6,11H,7-8H2,1H3. The van der Waals surface area contributed by atoms with E-state index in [1.165, 1.54) is 6.92 Å². The Kier molecular flexibility index (Phi) is 5.19. The maximum Gasteiger partial charge on any atom is 0.338 e. The molecule has 1 rings (SSSR count). The molecular weight excluding hydrogens is 272 g/mol. The molecule has 0 aromatic heterocycles. The third-order valence-corrected chi connectivity index (χ3v) is 3.16. The van der Waals surface area contributed by atoms with Crippen LogP contribution < -0.4 is 0 Å². The highest BCUT2D eigenvalue weighted by atomic mass is 79.9. The van der Waals surface area contributed by atoms with Crippen LogP contribution in [-0.2, 0) is 9.53 Å². The van der Waals surface area contributed by atoms with Crippen LogP contribution in [0.4, 0.5) is 0 Å². The molecule has 0 saturated carbocycles. The fraction of sp³-hybridized carbons (Fsp3) is 0.333. The average molecular weight is 285 g/mol. The van der Waals surface area contributed by atoms with Crippen molar-refractivity contribution in [3.63, 3.8) is 0 Å². The van der Waals surface area contributed by atoms with Gasteiger partial charge in [0.2, 0.25) is 0 Å². The van der Waals surface area contributed by atoms with E-state index in [4.69, 9.17) is 4.74 Å². The minimum absolute atomic E-state index is 0.0377. The number of hydrogen-bond acceptors (Lipinski definition) is 3. The largest absolute Gasteiger partial charge is 0.462 e. The molecule has 0 aliphatic heterocycles. The van der Waals surface area contributed by atoms with Crippen molar-refractivity contribution >= 4 is 27.7 Å². The topological polar surface area (TPSA) is 43.4 Å². The van der Waals surface area contributed by atoms with Gasteiger partial charge in [0.25, 0.3) is 0 Å². The molecule has 1 aromatic carbocycles. The molecule has 0 radical (unpaired) electrons. The molecule has 0 N–H and O–H groups in total. The van der Waals surface area contributed by atoms with Crippen molar-refractivity contribution in [2.45, 2.75) is 18.2 Å². The Morgan fingerprint density at radius 2 is 1.94 bits per heavy atom. The molecule has 0 spiro atoms. The summed E-state index contributed by atoms with van der Waals surface area (Å²) in [6.07, 6.45) is 0.494. The van der Waals surface area contributed by atoms with Crippen molar-refractivity contribution in [3.05, 3.63) is 35.9 Å². The maximum absolute atomic E-state index is 11.5. The second-order valence-electron chi connectivity index (χ2n) is 3.37. The van der Waals surface area contributed by atoms with E-state index in [0.29, 0.717) is 12.0 Å². The summed E-state index contributed by atoms with van der Waals surface area (Å²) in [5.41, 5.74) is 0.524.